The minimum atomic E-state index is 0.856. The summed E-state index contributed by atoms with van der Waals surface area (Å²) in [7, 11) is 1.83. The van der Waals surface area contributed by atoms with Gasteiger partial charge in [-0.1, -0.05) is 5.16 Å². The highest BCUT2D eigenvalue weighted by atomic mass is 32.1. The normalized spacial score (nSPS) is 9.05. The lowest BCUT2D eigenvalue weighted by Crippen LogP contribution is -1.83. The lowest BCUT2D eigenvalue weighted by atomic mass is 10.5. The Kier molecular flexibility index (Phi) is 6.37. The molecule has 0 atom stereocenters. The van der Waals surface area contributed by atoms with Crippen molar-refractivity contribution in [2.75, 3.05) is 0 Å². The van der Waals surface area contributed by atoms with Crippen molar-refractivity contribution in [3.05, 3.63) is 40.7 Å². The molecule has 0 unspecified atom stereocenters. The quantitative estimate of drug-likeness (QED) is 0.626. The van der Waals surface area contributed by atoms with E-state index in [0.29, 0.717) is 0 Å². The maximum Gasteiger partial charge on any atom is 0.137 e. The summed E-state index contributed by atoms with van der Waals surface area (Å²) in [5.41, 5.74) is 0. The molecule has 19 heavy (non-hydrogen) atoms. The molecule has 0 radical (unpaired) electrons. The van der Waals surface area contributed by atoms with E-state index in [4.69, 9.17) is 0 Å². The topological polar surface area (TPSA) is 82.5 Å². The Labute approximate surface area is 115 Å². The van der Waals surface area contributed by atoms with Crippen LogP contribution in [0, 0.1) is 20.8 Å². The number of rotatable bonds is 0. The molecule has 3 heterocycles. The molecular weight excluding hydrogens is 264 g/mol. The fourth-order valence-electron chi connectivity index (χ4n) is 0.942. The maximum absolute atomic E-state index is 4.58. The smallest absolute Gasteiger partial charge is 0.137 e. The molecule has 3 aromatic rings. The number of hydrogen-bond acceptors (Lipinski definition) is 7. The van der Waals surface area contributed by atoms with Crippen LogP contribution in [0.4, 0.5) is 0 Å². The van der Waals surface area contributed by atoms with Gasteiger partial charge in [0.05, 0.1) is 6.20 Å². The standard InChI is InChI=1S/C4H6N2S.C4H5NO.C3H5N3/c1-3-5-6-4(2)7-3;1-4-2-3-5-6-4;1-6-3-4-2-5-6/h1-2H3;2*2-3H,1H3. The van der Waals surface area contributed by atoms with Crippen molar-refractivity contribution >= 4 is 11.3 Å². The highest BCUT2D eigenvalue weighted by Gasteiger charge is 1.88. The maximum atomic E-state index is 4.58. The molecule has 102 valence electrons. The first-order valence-corrected chi connectivity index (χ1v) is 6.32. The SMILES string of the molecule is Cc1ccno1.Cc1nnc(C)s1.Cn1cncn1. The number of nitrogens with zero attached hydrogens (tertiary/aromatic N) is 6. The van der Waals surface area contributed by atoms with Crippen molar-refractivity contribution in [1.29, 1.82) is 0 Å². The molecule has 0 aromatic carbocycles. The summed E-state index contributed by atoms with van der Waals surface area (Å²) in [5, 5.41) is 16.8. The molecule has 0 aliphatic heterocycles. The lowest BCUT2D eigenvalue weighted by molar-refractivity contribution is 0.397. The predicted molar refractivity (Wildman–Crippen MR) is 71.6 cm³/mol. The van der Waals surface area contributed by atoms with Crippen LogP contribution in [0.5, 0.6) is 0 Å². The van der Waals surface area contributed by atoms with Crippen LogP contribution in [-0.4, -0.2) is 30.1 Å². The van der Waals surface area contributed by atoms with E-state index in [9.17, 15) is 0 Å². The van der Waals surface area contributed by atoms with E-state index in [0.717, 1.165) is 15.8 Å². The van der Waals surface area contributed by atoms with Crippen molar-refractivity contribution in [1.82, 2.24) is 30.1 Å². The average molecular weight is 280 g/mol. The Hall–Kier alpha value is -2.09. The monoisotopic (exact) mass is 280 g/mol. The van der Waals surface area contributed by atoms with Crippen molar-refractivity contribution in [3.8, 4) is 0 Å². The Bertz CT molecular complexity index is 497. The fourth-order valence-corrected chi connectivity index (χ4v) is 1.53. The number of aromatic nitrogens is 6. The van der Waals surface area contributed by atoms with Gasteiger partial charge in [0.2, 0.25) is 0 Å². The van der Waals surface area contributed by atoms with E-state index >= 15 is 0 Å². The van der Waals surface area contributed by atoms with E-state index < -0.39 is 0 Å². The second kappa shape index (κ2) is 8.09. The van der Waals surface area contributed by atoms with Crippen LogP contribution in [0.1, 0.15) is 15.8 Å². The molecule has 0 bridgehead atoms. The Morgan fingerprint density at radius 2 is 1.84 bits per heavy atom. The number of hydrogen-bond donors (Lipinski definition) is 0. The van der Waals surface area contributed by atoms with E-state index in [1.54, 1.807) is 34.6 Å². The van der Waals surface area contributed by atoms with Crippen molar-refractivity contribution in [3.63, 3.8) is 0 Å². The molecule has 0 aliphatic carbocycles. The minimum absolute atomic E-state index is 0.856. The van der Waals surface area contributed by atoms with Crippen LogP contribution in [-0.2, 0) is 7.05 Å². The zero-order valence-corrected chi connectivity index (χ0v) is 12.1. The van der Waals surface area contributed by atoms with E-state index in [1.165, 1.54) is 6.33 Å². The van der Waals surface area contributed by atoms with Gasteiger partial charge in [0.25, 0.3) is 0 Å². The highest BCUT2D eigenvalue weighted by molar-refractivity contribution is 7.11. The summed E-state index contributed by atoms with van der Waals surface area (Å²) in [6.45, 7) is 5.75. The van der Waals surface area contributed by atoms with Gasteiger partial charge in [-0.2, -0.15) is 5.10 Å². The summed E-state index contributed by atoms with van der Waals surface area (Å²) < 4.78 is 6.22. The third-order valence-electron chi connectivity index (χ3n) is 1.73. The molecule has 0 amide bonds. The summed E-state index contributed by atoms with van der Waals surface area (Å²) in [6.07, 6.45) is 4.76. The molecule has 3 rings (SSSR count). The first kappa shape index (κ1) is 15.0. The van der Waals surface area contributed by atoms with Gasteiger partial charge in [0.15, 0.2) is 0 Å². The van der Waals surface area contributed by atoms with Crippen molar-refractivity contribution in [2.45, 2.75) is 20.8 Å². The van der Waals surface area contributed by atoms with Crippen LogP contribution in [0.3, 0.4) is 0 Å². The van der Waals surface area contributed by atoms with Crippen LogP contribution < -0.4 is 0 Å². The average Bonchev–Trinajstić information content (AvgIpc) is 3.07. The fraction of sp³-hybridized carbons (Fsp3) is 0.364. The molecule has 0 spiro atoms. The Morgan fingerprint density at radius 1 is 1.16 bits per heavy atom. The second-order valence-electron chi connectivity index (χ2n) is 3.53. The van der Waals surface area contributed by atoms with Crippen LogP contribution in [0.15, 0.2) is 29.4 Å². The third kappa shape index (κ3) is 7.04. The van der Waals surface area contributed by atoms with Gasteiger partial charge >= 0.3 is 0 Å². The molecule has 0 fully saturated rings. The first-order chi connectivity index (χ1) is 9.08. The molecule has 8 heteroatoms. The van der Waals surface area contributed by atoms with Crippen LogP contribution >= 0.6 is 11.3 Å². The van der Waals surface area contributed by atoms with Gasteiger partial charge in [0.1, 0.15) is 28.4 Å². The largest absolute Gasteiger partial charge is 0.362 e. The summed E-state index contributed by atoms with van der Waals surface area (Å²) >= 11 is 1.62. The van der Waals surface area contributed by atoms with Crippen molar-refractivity contribution < 1.29 is 4.52 Å². The molecule has 7 nitrogen and oxygen atoms in total. The highest BCUT2D eigenvalue weighted by Crippen LogP contribution is 2.03. The van der Waals surface area contributed by atoms with Crippen LogP contribution in [0.25, 0.3) is 0 Å². The van der Waals surface area contributed by atoms with E-state index in [-0.39, 0.29) is 0 Å². The molecule has 0 saturated carbocycles. The lowest BCUT2D eigenvalue weighted by Gasteiger charge is -1.74. The predicted octanol–water partition coefficient (Wildman–Crippen LogP) is 1.95. The molecule has 0 N–H and O–H groups in total. The zero-order valence-electron chi connectivity index (χ0n) is 11.3. The third-order valence-corrected chi connectivity index (χ3v) is 2.48. The number of aryl methyl sites for hydroxylation is 4. The van der Waals surface area contributed by atoms with Gasteiger partial charge in [0, 0.05) is 13.1 Å². The molecule has 3 aromatic heterocycles. The van der Waals surface area contributed by atoms with Crippen LogP contribution in [0.2, 0.25) is 0 Å². The molecule has 0 saturated heterocycles. The van der Waals surface area contributed by atoms with Gasteiger partial charge in [-0.05, 0) is 20.8 Å². The van der Waals surface area contributed by atoms with Gasteiger partial charge in [-0.3, -0.25) is 4.68 Å². The zero-order chi connectivity index (χ0) is 14.1. The first-order valence-electron chi connectivity index (χ1n) is 5.50. The van der Waals surface area contributed by atoms with Crippen molar-refractivity contribution in [2.24, 2.45) is 7.05 Å². The van der Waals surface area contributed by atoms with Gasteiger partial charge in [-0.25, -0.2) is 4.98 Å². The van der Waals surface area contributed by atoms with E-state index in [1.807, 2.05) is 27.8 Å². The summed E-state index contributed by atoms with van der Waals surface area (Å²) in [6, 6.07) is 1.81. The van der Waals surface area contributed by atoms with Gasteiger partial charge < -0.3 is 4.52 Å². The molecular formula is C11H16N6OS. The van der Waals surface area contributed by atoms with Gasteiger partial charge in [-0.15, -0.1) is 21.5 Å². The van der Waals surface area contributed by atoms with E-state index in [2.05, 4.69) is 30.0 Å². The summed E-state index contributed by atoms with van der Waals surface area (Å²) in [4.78, 5) is 3.67. The minimum Gasteiger partial charge on any atom is -0.362 e. The Morgan fingerprint density at radius 3 is 2.00 bits per heavy atom. The Balaban J connectivity index is 0.000000143. The second-order valence-corrected chi connectivity index (χ2v) is 4.92. The molecule has 0 aliphatic rings. The summed E-state index contributed by atoms with van der Waals surface area (Å²) in [5.74, 6) is 0.856.